The molecular formula is C24H19FN2O3. The van der Waals surface area contributed by atoms with Crippen molar-refractivity contribution < 1.29 is 18.7 Å². The number of hydrogen-bond acceptors (Lipinski definition) is 4. The fourth-order valence-corrected chi connectivity index (χ4v) is 2.68. The first-order chi connectivity index (χ1) is 14.6. The number of methoxy groups -OCH3 is 1. The van der Waals surface area contributed by atoms with E-state index in [0.29, 0.717) is 29.4 Å². The van der Waals surface area contributed by atoms with Crippen molar-refractivity contribution >= 4 is 17.7 Å². The molecular weight excluding hydrogens is 383 g/mol. The summed E-state index contributed by atoms with van der Waals surface area (Å²) in [6.45, 7) is 0.385. The van der Waals surface area contributed by atoms with Gasteiger partial charge in [-0.25, -0.2) is 4.39 Å². The van der Waals surface area contributed by atoms with Gasteiger partial charge in [0.15, 0.2) is 11.5 Å². The summed E-state index contributed by atoms with van der Waals surface area (Å²) in [6.07, 6.45) is 1.45. The zero-order chi connectivity index (χ0) is 21.3. The summed E-state index contributed by atoms with van der Waals surface area (Å²) >= 11 is 0. The number of benzene rings is 3. The van der Waals surface area contributed by atoms with Crippen LogP contribution in [0.25, 0.3) is 6.08 Å². The van der Waals surface area contributed by atoms with Crippen LogP contribution < -0.4 is 14.8 Å². The van der Waals surface area contributed by atoms with Crippen molar-refractivity contribution in [3.63, 3.8) is 0 Å². The number of rotatable bonds is 7. The van der Waals surface area contributed by atoms with Crippen LogP contribution in [0.1, 0.15) is 11.1 Å². The number of nitriles is 1. The third-order valence-electron chi connectivity index (χ3n) is 4.20. The predicted octanol–water partition coefficient (Wildman–Crippen LogP) is 4.96. The third kappa shape index (κ3) is 5.46. The van der Waals surface area contributed by atoms with Gasteiger partial charge in [0, 0.05) is 5.69 Å². The molecule has 0 aliphatic rings. The average Bonchev–Trinajstić information content (AvgIpc) is 2.78. The molecule has 5 nitrogen and oxygen atoms in total. The highest BCUT2D eigenvalue weighted by Gasteiger charge is 2.11. The van der Waals surface area contributed by atoms with Gasteiger partial charge in [0.1, 0.15) is 24.1 Å². The summed E-state index contributed by atoms with van der Waals surface area (Å²) < 4.78 is 24.2. The molecule has 0 atom stereocenters. The first-order valence-corrected chi connectivity index (χ1v) is 9.12. The molecule has 30 heavy (non-hydrogen) atoms. The highest BCUT2D eigenvalue weighted by molar-refractivity contribution is 6.09. The normalized spacial score (nSPS) is 10.8. The zero-order valence-corrected chi connectivity index (χ0v) is 16.3. The molecule has 0 saturated heterocycles. The van der Waals surface area contributed by atoms with Gasteiger partial charge in [-0.15, -0.1) is 0 Å². The van der Waals surface area contributed by atoms with Gasteiger partial charge in [0.05, 0.1) is 7.11 Å². The molecule has 0 fully saturated rings. The monoisotopic (exact) mass is 402 g/mol. The fourth-order valence-electron chi connectivity index (χ4n) is 2.68. The number of amides is 1. The molecule has 0 heterocycles. The molecule has 0 radical (unpaired) electrons. The fraction of sp³-hybridized carbons (Fsp3) is 0.0833. The number of nitrogens with one attached hydrogen (secondary N) is 1. The second kappa shape index (κ2) is 9.89. The molecule has 0 bridgehead atoms. The molecule has 0 aliphatic heterocycles. The third-order valence-corrected chi connectivity index (χ3v) is 4.20. The van der Waals surface area contributed by atoms with Gasteiger partial charge in [-0.05, 0) is 53.6 Å². The van der Waals surface area contributed by atoms with E-state index < -0.39 is 11.7 Å². The topological polar surface area (TPSA) is 71.3 Å². The van der Waals surface area contributed by atoms with Crippen LogP contribution in [0.2, 0.25) is 0 Å². The van der Waals surface area contributed by atoms with Crippen LogP contribution in [0.3, 0.4) is 0 Å². The Balaban J connectivity index is 1.74. The molecule has 0 aromatic heterocycles. The van der Waals surface area contributed by atoms with Crippen LogP contribution in [0, 0.1) is 17.1 Å². The quantitative estimate of drug-likeness (QED) is 0.448. The Kier molecular flexibility index (Phi) is 6.80. The minimum absolute atomic E-state index is 0.0978. The lowest BCUT2D eigenvalue weighted by atomic mass is 10.1. The van der Waals surface area contributed by atoms with Crippen molar-refractivity contribution in [3.8, 4) is 17.6 Å². The lowest BCUT2D eigenvalue weighted by molar-refractivity contribution is -0.112. The number of nitrogens with zero attached hydrogens (tertiary/aromatic N) is 1. The Labute approximate surface area is 174 Å². The molecule has 0 saturated carbocycles. The van der Waals surface area contributed by atoms with E-state index in [0.717, 1.165) is 5.56 Å². The van der Waals surface area contributed by atoms with E-state index in [1.54, 1.807) is 18.2 Å². The van der Waals surface area contributed by atoms with Gasteiger partial charge in [-0.3, -0.25) is 4.79 Å². The van der Waals surface area contributed by atoms with Gasteiger partial charge in [-0.2, -0.15) is 5.26 Å². The molecule has 1 amide bonds. The van der Waals surface area contributed by atoms with Gasteiger partial charge < -0.3 is 14.8 Å². The number of carbonyl (C=O) groups is 1. The molecule has 3 rings (SSSR count). The second-order valence-electron chi connectivity index (χ2n) is 6.32. The molecule has 1 N–H and O–H groups in total. The first-order valence-electron chi connectivity index (χ1n) is 9.12. The number of hydrogen-bond donors (Lipinski definition) is 1. The average molecular weight is 402 g/mol. The SMILES string of the molecule is COc1cc(/C=C(/C#N)C(=O)Nc2ccc(F)cc2)ccc1OCc1ccccc1. The van der Waals surface area contributed by atoms with E-state index in [2.05, 4.69) is 5.32 Å². The first kappa shape index (κ1) is 20.6. The van der Waals surface area contributed by atoms with Crippen molar-refractivity contribution in [1.82, 2.24) is 0 Å². The molecule has 0 unspecified atom stereocenters. The van der Waals surface area contributed by atoms with E-state index in [-0.39, 0.29) is 5.57 Å². The number of ether oxygens (including phenoxy) is 2. The van der Waals surface area contributed by atoms with Crippen LogP contribution in [-0.4, -0.2) is 13.0 Å². The lowest BCUT2D eigenvalue weighted by Gasteiger charge is -2.11. The van der Waals surface area contributed by atoms with E-state index in [1.165, 1.54) is 37.5 Å². The molecule has 0 spiro atoms. The maximum Gasteiger partial charge on any atom is 0.266 e. The van der Waals surface area contributed by atoms with Crippen molar-refractivity contribution in [2.75, 3.05) is 12.4 Å². The predicted molar refractivity (Wildman–Crippen MR) is 112 cm³/mol. The number of halogens is 1. The summed E-state index contributed by atoms with van der Waals surface area (Å²) in [5, 5.41) is 11.9. The van der Waals surface area contributed by atoms with Crippen molar-refractivity contribution in [2.45, 2.75) is 6.61 Å². The molecule has 3 aromatic rings. The lowest BCUT2D eigenvalue weighted by Crippen LogP contribution is -2.13. The Hall–Kier alpha value is -4.11. The largest absolute Gasteiger partial charge is 0.493 e. The number of carbonyl (C=O) groups excluding carboxylic acids is 1. The van der Waals surface area contributed by atoms with E-state index >= 15 is 0 Å². The molecule has 6 heteroatoms. The maximum atomic E-state index is 13.0. The van der Waals surface area contributed by atoms with Crippen molar-refractivity contribution in [3.05, 3.63) is 95.3 Å². The van der Waals surface area contributed by atoms with E-state index in [9.17, 15) is 14.4 Å². The smallest absolute Gasteiger partial charge is 0.266 e. The summed E-state index contributed by atoms with van der Waals surface area (Å²) in [5.41, 5.74) is 1.92. The zero-order valence-electron chi connectivity index (χ0n) is 16.3. The van der Waals surface area contributed by atoms with Crippen molar-refractivity contribution in [2.24, 2.45) is 0 Å². The minimum atomic E-state index is -0.590. The highest BCUT2D eigenvalue weighted by atomic mass is 19.1. The van der Waals surface area contributed by atoms with Crippen molar-refractivity contribution in [1.29, 1.82) is 5.26 Å². The Morgan fingerprint density at radius 1 is 1.07 bits per heavy atom. The maximum absolute atomic E-state index is 13.0. The Morgan fingerprint density at radius 2 is 1.80 bits per heavy atom. The van der Waals surface area contributed by atoms with Crippen LogP contribution in [-0.2, 0) is 11.4 Å². The molecule has 0 aliphatic carbocycles. The van der Waals surface area contributed by atoms with Crippen LogP contribution in [0.15, 0.2) is 78.4 Å². The molecule has 150 valence electrons. The second-order valence-corrected chi connectivity index (χ2v) is 6.32. The summed E-state index contributed by atoms with van der Waals surface area (Å²) in [7, 11) is 1.52. The minimum Gasteiger partial charge on any atom is -0.493 e. The highest BCUT2D eigenvalue weighted by Crippen LogP contribution is 2.29. The van der Waals surface area contributed by atoms with E-state index in [1.807, 2.05) is 36.4 Å². The summed E-state index contributed by atoms with van der Waals surface area (Å²) in [5.74, 6) is 0.0295. The summed E-state index contributed by atoms with van der Waals surface area (Å²) in [4.78, 5) is 12.4. The van der Waals surface area contributed by atoms with Gasteiger partial charge in [0.2, 0.25) is 0 Å². The summed E-state index contributed by atoms with van der Waals surface area (Å²) in [6, 6.07) is 22.0. The van der Waals surface area contributed by atoms with E-state index in [4.69, 9.17) is 9.47 Å². The van der Waals surface area contributed by atoms with Crippen LogP contribution >= 0.6 is 0 Å². The van der Waals surface area contributed by atoms with Gasteiger partial charge in [0.25, 0.3) is 5.91 Å². The van der Waals surface area contributed by atoms with Gasteiger partial charge in [-0.1, -0.05) is 36.4 Å². The Bertz CT molecular complexity index is 1090. The van der Waals surface area contributed by atoms with Gasteiger partial charge >= 0.3 is 0 Å². The van der Waals surface area contributed by atoms with Crippen LogP contribution in [0.4, 0.5) is 10.1 Å². The molecule has 3 aromatic carbocycles. The Morgan fingerprint density at radius 3 is 2.47 bits per heavy atom. The standard InChI is InChI=1S/C24H19FN2O3/c1-29-23-14-18(7-12-22(23)30-16-17-5-3-2-4-6-17)13-19(15-26)24(28)27-21-10-8-20(25)9-11-21/h2-14H,16H2,1H3,(H,27,28)/b19-13-. The number of anilines is 1. The van der Waals surface area contributed by atoms with Crippen LogP contribution in [0.5, 0.6) is 11.5 Å².